The molecule has 2 aromatic carbocycles. The van der Waals surface area contributed by atoms with E-state index in [1.165, 1.54) is 33.3 Å². The third kappa shape index (κ3) is 3.34. The predicted molar refractivity (Wildman–Crippen MR) is 117 cm³/mol. The Labute approximate surface area is 190 Å². The van der Waals surface area contributed by atoms with E-state index in [0.29, 0.717) is 0 Å². The molecule has 8 nitrogen and oxygen atoms in total. The minimum atomic E-state index is -1.49. The summed E-state index contributed by atoms with van der Waals surface area (Å²) < 4.78 is 22.3. The molecule has 0 saturated heterocycles. The lowest BCUT2D eigenvalue weighted by Crippen LogP contribution is -2.39. The Balaban J connectivity index is 1.85. The van der Waals surface area contributed by atoms with Gasteiger partial charge in [0, 0.05) is 12.1 Å². The van der Waals surface area contributed by atoms with E-state index in [2.05, 4.69) is 0 Å². The van der Waals surface area contributed by atoms with E-state index >= 15 is 0 Å². The molecular formula is C25H22O8. The summed E-state index contributed by atoms with van der Waals surface area (Å²) >= 11 is 0. The molecule has 1 atom stereocenters. The van der Waals surface area contributed by atoms with Crippen LogP contribution >= 0.6 is 0 Å². The number of ketones is 2. The van der Waals surface area contributed by atoms with Crippen LogP contribution in [0.15, 0.2) is 59.6 Å². The molecule has 4 rings (SSSR count). The first kappa shape index (κ1) is 22.1. The minimum Gasteiger partial charge on any atom is -0.507 e. The molecule has 170 valence electrons. The van der Waals surface area contributed by atoms with Crippen LogP contribution in [0, 0.1) is 0 Å². The van der Waals surface area contributed by atoms with Crippen LogP contribution in [0.1, 0.15) is 35.3 Å². The second-order valence-corrected chi connectivity index (χ2v) is 7.80. The van der Waals surface area contributed by atoms with Gasteiger partial charge in [0.2, 0.25) is 0 Å². The van der Waals surface area contributed by atoms with Crippen molar-refractivity contribution in [2.75, 3.05) is 14.2 Å². The number of esters is 1. The number of hydrogen-bond acceptors (Lipinski definition) is 8. The van der Waals surface area contributed by atoms with Gasteiger partial charge in [-0.1, -0.05) is 30.3 Å². The van der Waals surface area contributed by atoms with Crippen LogP contribution in [0.25, 0.3) is 0 Å². The summed E-state index contributed by atoms with van der Waals surface area (Å²) in [7, 11) is 2.78. The molecule has 2 aromatic rings. The summed E-state index contributed by atoms with van der Waals surface area (Å²) in [5, 5.41) is 10.3. The zero-order valence-electron chi connectivity index (χ0n) is 18.6. The summed E-state index contributed by atoms with van der Waals surface area (Å²) in [5.41, 5.74) is -0.829. The highest BCUT2D eigenvalue weighted by molar-refractivity contribution is 6.25. The van der Waals surface area contributed by atoms with Crippen LogP contribution < -0.4 is 14.2 Å². The van der Waals surface area contributed by atoms with Gasteiger partial charge in [0.15, 0.2) is 17.3 Å². The monoisotopic (exact) mass is 450 g/mol. The van der Waals surface area contributed by atoms with Crippen molar-refractivity contribution in [1.29, 1.82) is 0 Å². The maximum absolute atomic E-state index is 13.4. The van der Waals surface area contributed by atoms with Gasteiger partial charge in [0.1, 0.15) is 46.2 Å². The van der Waals surface area contributed by atoms with Crippen LogP contribution in [-0.2, 0) is 26.3 Å². The lowest BCUT2D eigenvalue weighted by molar-refractivity contribution is -0.123. The molecule has 0 spiro atoms. The molecule has 0 amide bonds. The molecule has 8 heteroatoms. The van der Waals surface area contributed by atoms with Crippen LogP contribution in [0.3, 0.4) is 0 Å². The van der Waals surface area contributed by atoms with Crippen LogP contribution in [0.4, 0.5) is 0 Å². The highest BCUT2D eigenvalue weighted by Gasteiger charge is 2.55. The van der Waals surface area contributed by atoms with E-state index in [4.69, 9.17) is 18.9 Å². The standard InChI is InChI=1S/C25H22O8/c1-13(26)19-15(27)10-18-25(2,23(19)28)21-17(31-4)11-16(30-3)20(22(21)33-18)24(29)32-12-14-8-6-5-7-9-14/h5-11,27H,12H2,1-4H3/t25-/m1/s1. The largest absolute Gasteiger partial charge is 0.507 e. The number of carbonyl (C=O) groups is 3. The summed E-state index contributed by atoms with van der Waals surface area (Å²) in [6.45, 7) is 2.76. The lowest BCUT2D eigenvalue weighted by Gasteiger charge is -2.28. The number of rotatable bonds is 6. The molecule has 0 bridgehead atoms. The van der Waals surface area contributed by atoms with E-state index in [-0.39, 0.29) is 46.3 Å². The normalized spacial score (nSPS) is 18.7. The molecule has 1 N–H and O–H groups in total. The fraction of sp³-hybridized carbons (Fsp3) is 0.240. The van der Waals surface area contributed by atoms with Crippen LogP contribution in [0.5, 0.6) is 17.2 Å². The summed E-state index contributed by atoms with van der Waals surface area (Å²) in [5.74, 6) is -2.03. The van der Waals surface area contributed by atoms with Gasteiger partial charge in [0.25, 0.3) is 0 Å². The van der Waals surface area contributed by atoms with E-state index < -0.39 is 28.7 Å². The van der Waals surface area contributed by atoms with E-state index in [9.17, 15) is 19.5 Å². The fourth-order valence-corrected chi connectivity index (χ4v) is 4.14. The average Bonchev–Trinajstić information content (AvgIpc) is 3.10. The van der Waals surface area contributed by atoms with Crippen molar-refractivity contribution in [3.63, 3.8) is 0 Å². The number of benzene rings is 2. The molecule has 0 radical (unpaired) electrons. The topological polar surface area (TPSA) is 108 Å². The summed E-state index contributed by atoms with van der Waals surface area (Å²) in [4.78, 5) is 38.6. The highest BCUT2D eigenvalue weighted by atomic mass is 16.5. The number of aliphatic hydroxyl groups is 1. The molecule has 0 saturated carbocycles. The van der Waals surface area contributed by atoms with Crippen molar-refractivity contribution < 1.29 is 38.4 Å². The maximum atomic E-state index is 13.4. The number of allylic oxidation sites excluding steroid dienone is 3. The lowest BCUT2D eigenvalue weighted by atomic mass is 9.71. The van der Waals surface area contributed by atoms with Gasteiger partial charge in [-0.05, 0) is 19.4 Å². The first-order valence-corrected chi connectivity index (χ1v) is 10.1. The Bertz CT molecular complexity index is 1240. The van der Waals surface area contributed by atoms with Crippen molar-refractivity contribution in [3.05, 3.63) is 76.3 Å². The molecule has 0 aromatic heterocycles. The number of aliphatic hydroxyl groups excluding tert-OH is 1. The molecule has 0 fully saturated rings. The smallest absolute Gasteiger partial charge is 0.346 e. The van der Waals surface area contributed by atoms with Crippen LogP contribution in [-0.4, -0.2) is 36.9 Å². The number of fused-ring (bicyclic) bond motifs is 3. The SMILES string of the molecule is COc1cc(OC)c2c(c1C(=O)OCc1ccccc1)OC1=CC(O)=C(C(C)=O)C(=O)[C@]12C. The Kier molecular flexibility index (Phi) is 5.45. The van der Waals surface area contributed by atoms with Gasteiger partial charge in [-0.15, -0.1) is 0 Å². The predicted octanol–water partition coefficient (Wildman–Crippen LogP) is 3.58. The van der Waals surface area contributed by atoms with Gasteiger partial charge < -0.3 is 24.1 Å². The quantitative estimate of drug-likeness (QED) is 0.526. The fourth-order valence-electron chi connectivity index (χ4n) is 4.14. The number of ether oxygens (including phenoxy) is 4. The van der Waals surface area contributed by atoms with Crippen molar-refractivity contribution in [1.82, 2.24) is 0 Å². The van der Waals surface area contributed by atoms with E-state index in [1.807, 2.05) is 30.3 Å². The average molecular weight is 450 g/mol. The molecule has 1 aliphatic carbocycles. The molecule has 2 aliphatic rings. The number of Topliss-reactive ketones (excluding diaryl/α,β-unsaturated/α-hetero) is 2. The molecule has 1 aliphatic heterocycles. The van der Waals surface area contributed by atoms with Gasteiger partial charge in [-0.3, -0.25) is 9.59 Å². The Morgan fingerprint density at radius 3 is 2.36 bits per heavy atom. The maximum Gasteiger partial charge on any atom is 0.346 e. The molecule has 0 unspecified atom stereocenters. The van der Waals surface area contributed by atoms with Gasteiger partial charge in [-0.25, -0.2) is 4.79 Å². The van der Waals surface area contributed by atoms with Crippen molar-refractivity contribution >= 4 is 17.5 Å². The first-order valence-electron chi connectivity index (χ1n) is 10.1. The van der Waals surface area contributed by atoms with Crippen molar-refractivity contribution in [2.45, 2.75) is 25.9 Å². The third-order valence-electron chi connectivity index (χ3n) is 5.83. The van der Waals surface area contributed by atoms with Crippen molar-refractivity contribution in [3.8, 4) is 17.2 Å². The minimum absolute atomic E-state index is 0.0132. The Morgan fingerprint density at radius 1 is 1.09 bits per heavy atom. The Hall–Kier alpha value is -4.07. The zero-order chi connectivity index (χ0) is 23.9. The second kappa shape index (κ2) is 8.12. The molecular weight excluding hydrogens is 428 g/mol. The number of methoxy groups -OCH3 is 2. The van der Waals surface area contributed by atoms with Crippen molar-refractivity contribution in [2.24, 2.45) is 0 Å². The summed E-state index contributed by atoms with van der Waals surface area (Å²) in [6, 6.07) is 10.6. The zero-order valence-corrected chi connectivity index (χ0v) is 18.6. The van der Waals surface area contributed by atoms with Gasteiger partial charge in [-0.2, -0.15) is 0 Å². The van der Waals surface area contributed by atoms with Crippen LogP contribution in [0.2, 0.25) is 0 Å². The second-order valence-electron chi connectivity index (χ2n) is 7.80. The van der Waals surface area contributed by atoms with Gasteiger partial charge in [0.05, 0.1) is 19.8 Å². The van der Waals surface area contributed by atoms with Gasteiger partial charge >= 0.3 is 5.97 Å². The van der Waals surface area contributed by atoms with E-state index in [0.717, 1.165) is 5.56 Å². The number of carbonyl (C=O) groups excluding carboxylic acids is 3. The first-order chi connectivity index (χ1) is 15.7. The highest BCUT2D eigenvalue weighted by Crippen LogP contribution is 2.56. The summed E-state index contributed by atoms with van der Waals surface area (Å²) in [6.07, 6.45) is 1.21. The Morgan fingerprint density at radius 2 is 1.76 bits per heavy atom. The molecule has 1 heterocycles. The number of hydrogen-bond donors (Lipinski definition) is 1. The molecule has 33 heavy (non-hydrogen) atoms. The third-order valence-corrected chi connectivity index (χ3v) is 5.83. The van der Waals surface area contributed by atoms with E-state index in [1.54, 1.807) is 6.92 Å².